The molecule has 0 radical (unpaired) electrons. The monoisotopic (exact) mass is 251 g/mol. The largest absolute Gasteiger partial charge is 0.394 e. The fourth-order valence-corrected chi connectivity index (χ4v) is 2.12. The van der Waals surface area contributed by atoms with E-state index in [-0.39, 0.29) is 10.9 Å². The molecule has 3 N–H and O–H groups in total. The van der Waals surface area contributed by atoms with Crippen molar-refractivity contribution in [2.45, 2.75) is 25.9 Å². The predicted molar refractivity (Wildman–Crippen MR) is 54.9 cm³/mol. The summed E-state index contributed by atoms with van der Waals surface area (Å²) >= 11 is 0. The minimum Gasteiger partial charge on any atom is -0.394 e. The van der Waals surface area contributed by atoms with Gasteiger partial charge in [-0.25, -0.2) is 4.31 Å². The van der Waals surface area contributed by atoms with Crippen LogP contribution >= 0.6 is 0 Å². The minimum atomic E-state index is -4.57. The standard InChI is InChI=1S/C7H13N3O5S/c1-4(2)9-15-3-5-6(8)7(11)10(5)16(12,13)14/h5-6H,3,8H2,1-2H3,(H,12,13,14)/t5-,6+/m0/s1. The fourth-order valence-electron chi connectivity index (χ4n) is 1.24. The lowest BCUT2D eigenvalue weighted by atomic mass is 10.0. The molecule has 1 rings (SSSR count). The Bertz CT molecular complexity index is 414. The average Bonchev–Trinajstić information content (AvgIpc) is 2.13. The Morgan fingerprint density at radius 3 is 2.62 bits per heavy atom. The van der Waals surface area contributed by atoms with E-state index < -0.39 is 28.3 Å². The molecule has 16 heavy (non-hydrogen) atoms. The molecule has 8 nitrogen and oxygen atoms in total. The summed E-state index contributed by atoms with van der Waals surface area (Å²) in [5, 5.41) is 3.57. The number of oxime groups is 1. The molecule has 0 aliphatic carbocycles. The van der Waals surface area contributed by atoms with Gasteiger partial charge in [0.2, 0.25) is 0 Å². The molecule has 0 spiro atoms. The van der Waals surface area contributed by atoms with Crippen LogP contribution in [0.5, 0.6) is 0 Å². The quantitative estimate of drug-likeness (QED) is 0.278. The van der Waals surface area contributed by atoms with Gasteiger partial charge in [0.1, 0.15) is 18.7 Å². The van der Waals surface area contributed by atoms with Crippen LogP contribution in [-0.2, 0) is 19.9 Å². The van der Waals surface area contributed by atoms with Gasteiger partial charge in [0, 0.05) is 0 Å². The summed E-state index contributed by atoms with van der Waals surface area (Å²) in [5.41, 5.74) is 6.01. The van der Waals surface area contributed by atoms with Crippen LogP contribution in [-0.4, -0.2) is 47.6 Å². The highest BCUT2D eigenvalue weighted by molar-refractivity contribution is 7.84. The molecular weight excluding hydrogens is 238 g/mol. The Balaban J connectivity index is 2.66. The van der Waals surface area contributed by atoms with Crippen LogP contribution < -0.4 is 5.73 Å². The summed E-state index contributed by atoms with van der Waals surface area (Å²) < 4.78 is 30.6. The van der Waals surface area contributed by atoms with Crippen LogP contribution in [0.1, 0.15) is 13.8 Å². The van der Waals surface area contributed by atoms with E-state index in [0.717, 1.165) is 0 Å². The summed E-state index contributed by atoms with van der Waals surface area (Å²) in [5.74, 6) is -0.853. The SMILES string of the molecule is CC(C)=NOC[C@H]1[C@@H](N)C(=O)N1S(=O)(=O)O. The van der Waals surface area contributed by atoms with E-state index in [0.29, 0.717) is 5.71 Å². The number of hydrogen-bond acceptors (Lipinski definition) is 6. The number of amides is 1. The van der Waals surface area contributed by atoms with Crippen molar-refractivity contribution in [2.24, 2.45) is 10.9 Å². The third-order valence-electron chi connectivity index (χ3n) is 1.96. The predicted octanol–water partition coefficient (Wildman–Crippen LogP) is -1.26. The maximum absolute atomic E-state index is 11.1. The van der Waals surface area contributed by atoms with Crippen LogP contribution in [0.2, 0.25) is 0 Å². The van der Waals surface area contributed by atoms with Crippen LogP contribution in [0, 0.1) is 0 Å². The van der Waals surface area contributed by atoms with Gasteiger partial charge in [-0.3, -0.25) is 9.35 Å². The van der Waals surface area contributed by atoms with E-state index >= 15 is 0 Å². The average molecular weight is 251 g/mol. The topological polar surface area (TPSA) is 122 Å². The number of nitrogens with two attached hydrogens (primary N) is 1. The molecule has 1 aliphatic heterocycles. The summed E-state index contributed by atoms with van der Waals surface area (Å²) in [4.78, 5) is 15.9. The first-order valence-electron chi connectivity index (χ1n) is 4.44. The van der Waals surface area contributed by atoms with Crippen LogP contribution in [0.4, 0.5) is 0 Å². The molecule has 9 heteroatoms. The lowest BCUT2D eigenvalue weighted by molar-refractivity contribution is -0.143. The van der Waals surface area contributed by atoms with E-state index in [1.807, 2.05) is 0 Å². The Morgan fingerprint density at radius 2 is 2.19 bits per heavy atom. The fraction of sp³-hybridized carbons (Fsp3) is 0.714. The Labute approximate surface area is 92.9 Å². The van der Waals surface area contributed by atoms with Gasteiger partial charge in [-0.1, -0.05) is 5.16 Å². The molecule has 0 aromatic carbocycles. The highest BCUT2D eigenvalue weighted by atomic mass is 32.2. The van der Waals surface area contributed by atoms with Crippen molar-refractivity contribution in [3.8, 4) is 0 Å². The van der Waals surface area contributed by atoms with Crippen molar-refractivity contribution >= 4 is 21.9 Å². The van der Waals surface area contributed by atoms with Gasteiger partial charge in [-0.05, 0) is 13.8 Å². The molecule has 2 atom stereocenters. The molecular formula is C7H13N3O5S. The van der Waals surface area contributed by atoms with Gasteiger partial charge in [0.05, 0.1) is 5.71 Å². The van der Waals surface area contributed by atoms with Crippen molar-refractivity contribution in [3.63, 3.8) is 0 Å². The lowest BCUT2D eigenvalue weighted by Gasteiger charge is -2.40. The Morgan fingerprint density at radius 1 is 1.62 bits per heavy atom. The molecule has 1 aliphatic rings. The van der Waals surface area contributed by atoms with E-state index in [9.17, 15) is 13.2 Å². The van der Waals surface area contributed by atoms with Gasteiger partial charge in [-0.2, -0.15) is 8.42 Å². The minimum absolute atomic E-state index is 0.183. The summed E-state index contributed by atoms with van der Waals surface area (Å²) in [7, 11) is -4.57. The summed E-state index contributed by atoms with van der Waals surface area (Å²) in [6.07, 6.45) is 0. The molecule has 0 saturated carbocycles. The second kappa shape index (κ2) is 4.36. The van der Waals surface area contributed by atoms with E-state index in [1.165, 1.54) is 0 Å². The molecule has 0 aromatic heterocycles. The number of hydrogen-bond donors (Lipinski definition) is 2. The van der Waals surface area contributed by atoms with Crippen LogP contribution in [0.15, 0.2) is 5.16 Å². The molecule has 1 saturated heterocycles. The highest BCUT2D eigenvalue weighted by Crippen LogP contribution is 2.21. The molecule has 92 valence electrons. The van der Waals surface area contributed by atoms with E-state index in [2.05, 4.69) is 5.16 Å². The van der Waals surface area contributed by atoms with Gasteiger partial charge in [-0.15, -0.1) is 0 Å². The van der Waals surface area contributed by atoms with E-state index in [4.69, 9.17) is 15.1 Å². The molecule has 0 aromatic rings. The van der Waals surface area contributed by atoms with Crippen molar-refractivity contribution in [1.29, 1.82) is 0 Å². The zero-order valence-corrected chi connectivity index (χ0v) is 9.64. The molecule has 0 unspecified atom stereocenters. The summed E-state index contributed by atoms with van der Waals surface area (Å²) in [6.45, 7) is 3.19. The van der Waals surface area contributed by atoms with Gasteiger partial charge < -0.3 is 10.6 Å². The first kappa shape index (κ1) is 12.9. The normalized spacial score (nSPS) is 25.0. The molecule has 0 bridgehead atoms. The lowest BCUT2D eigenvalue weighted by Crippen LogP contribution is -2.71. The Hall–Kier alpha value is -1.19. The first-order chi connectivity index (χ1) is 7.25. The second-order valence-electron chi connectivity index (χ2n) is 3.54. The number of β-lactam (4-membered cyclic amide) rings is 1. The van der Waals surface area contributed by atoms with Crippen LogP contribution in [0.3, 0.4) is 0 Å². The molecule has 1 heterocycles. The number of rotatable bonds is 4. The maximum Gasteiger partial charge on any atom is 0.362 e. The first-order valence-corrected chi connectivity index (χ1v) is 5.84. The van der Waals surface area contributed by atoms with E-state index in [1.54, 1.807) is 13.8 Å². The van der Waals surface area contributed by atoms with Crippen molar-refractivity contribution in [3.05, 3.63) is 0 Å². The Kier molecular flexibility index (Phi) is 3.51. The highest BCUT2D eigenvalue weighted by Gasteiger charge is 2.51. The van der Waals surface area contributed by atoms with Crippen LogP contribution in [0.25, 0.3) is 0 Å². The molecule has 1 amide bonds. The van der Waals surface area contributed by atoms with Gasteiger partial charge in [0.25, 0.3) is 5.91 Å². The molecule has 1 fully saturated rings. The zero-order chi connectivity index (χ0) is 12.5. The number of carbonyl (C=O) groups excluding carboxylic acids is 1. The third kappa shape index (κ3) is 2.49. The third-order valence-corrected chi connectivity index (χ3v) is 2.91. The maximum atomic E-state index is 11.1. The smallest absolute Gasteiger partial charge is 0.362 e. The van der Waals surface area contributed by atoms with Crippen molar-refractivity contribution < 1.29 is 22.6 Å². The zero-order valence-electron chi connectivity index (χ0n) is 8.82. The number of nitrogens with zero attached hydrogens (tertiary/aromatic N) is 2. The van der Waals surface area contributed by atoms with Crippen molar-refractivity contribution in [1.82, 2.24) is 4.31 Å². The summed E-state index contributed by atoms with van der Waals surface area (Å²) in [6, 6.07) is -1.90. The van der Waals surface area contributed by atoms with Gasteiger partial charge in [0.15, 0.2) is 0 Å². The van der Waals surface area contributed by atoms with Gasteiger partial charge >= 0.3 is 10.3 Å². The second-order valence-corrected chi connectivity index (χ2v) is 4.83. The number of carbonyl (C=O) groups is 1. The van der Waals surface area contributed by atoms with Crippen molar-refractivity contribution in [2.75, 3.05) is 6.61 Å².